The average molecular weight is 640 g/mol. The first-order valence-electron chi connectivity index (χ1n) is 15.5. The van der Waals surface area contributed by atoms with Crippen LogP contribution in [0.2, 0.25) is 0 Å². The monoisotopic (exact) mass is 639 g/mol. The molecule has 1 N–H and O–H groups in total. The maximum atomic E-state index is 13.9. The van der Waals surface area contributed by atoms with E-state index in [1.807, 2.05) is 50.5 Å². The molecule has 244 valence electrons. The minimum absolute atomic E-state index is 0.0450. The Hall–Kier alpha value is -3.31. The van der Waals surface area contributed by atoms with Crippen molar-refractivity contribution in [2.24, 2.45) is 5.92 Å². The molecule has 10 heteroatoms. The molecule has 0 bridgehead atoms. The van der Waals surface area contributed by atoms with E-state index in [2.05, 4.69) is 10.2 Å². The third-order valence-corrected chi connectivity index (χ3v) is 10.7. The molecule has 1 aliphatic rings. The number of aryl methyl sites for hydroxylation is 2. The van der Waals surface area contributed by atoms with Crippen LogP contribution < -0.4 is 10.1 Å². The lowest BCUT2D eigenvalue weighted by Gasteiger charge is -2.37. The van der Waals surface area contributed by atoms with Crippen LogP contribution in [0.3, 0.4) is 0 Å². The van der Waals surface area contributed by atoms with Gasteiger partial charge in [-0.15, -0.1) is 0 Å². The van der Waals surface area contributed by atoms with E-state index in [0.29, 0.717) is 22.8 Å². The van der Waals surface area contributed by atoms with Crippen LogP contribution in [0.25, 0.3) is 0 Å². The predicted molar refractivity (Wildman–Crippen MR) is 174 cm³/mol. The van der Waals surface area contributed by atoms with Gasteiger partial charge < -0.3 is 19.7 Å². The summed E-state index contributed by atoms with van der Waals surface area (Å²) in [7, 11) is 1.72. The van der Waals surface area contributed by atoms with Gasteiger partial charge in [0.25, 0.3) is 0 Å². The third kappa shape index (κ3) is 9.13. The van der Waals surface area contributed by atoms with E-state index in [4.69, 9.17) is 9.47 Å². The van der Waals surface area contributed by atoms with Gasteiger partial charge in [0.05, 0.1) is 18.6 Å². The second-order valence-electron chi connectivity index (χ2n) is 12.1. The summed E-state index contributed by atoms with van der Waals surface area (Å²) >= 11 is 0. The number of halogens is 1. The van der Waals surface area contributed by atoms with Crippen LogP contribution in [0.1, 0.15) is 54.0 Å². The zero-order valence-corrected chi connectivity index (χ0v) is 27.8. The van der Waals surface area contributed by atoms with Crippen LogP contribution in [-0.4, -0.2) is 70.5 Å². The molecule has 0 aromatic heterocycles. The van der Waals surface area contributed by atoms with Gasteiger partial charge in [-0.1, -0.05) is 42.5 Å². The number of nitrogens with one attached hydrogen (secondary N) is 1. The smallest absolute Gasteiger partial charge is 0.246 e. The summed E-state index contributed by atoms with van der Waals surface area (Å²) in [4.78, 5) is 15.2. The number of carbonyl (C=O) groups is 1. The van der Waals surface area contributed by atoms with Gasteiger partial charge in [0.2, 0.25) is 15.9 Å². The Labute approximate surface area is 267 Å². The quantitative estimate of drug-likeness (QED) is 0.230. The van der Waals surface area contributed by atoms with Gasteiger partial charge in [-0.05, 0) is 106 Å². The van der Waals surface area contributed by atoms with Crippen LogP contribution in [-0.2, 0) is 26.1 Å². The van der Waals surface area contributed by atoms with Gasteiger partial charge in [0.15, 0.2) is 0 Å². The molecule has 4 rings (SSSR count). The van der Waals surface area contributed by atoms with Crippen molar-refractivity contribution in [3.8, 4) is 5.75 Å². The van der Waals surface area contributed by atoms with Crippen molar-refractivity contribution >= 4 is 15.9 Å². The largest absolute Gasteiger partial charge is 0.497 e. The molecule has 3 aromatic carbocycles. The van der Waals surface area contributed by atoms with Gasteiger partial charge in [-0.2, -0.15) is 4.31 Å². The first kappa shape index (κ1) is 34.6. The molecule has 0 saturated heterocycles. The lowest BCUT2D eigenvalue weighted by molar-refractivity contribution is -0.126. The number of benzene rings is 3. The molecule has 3 aromatic rings. The Bertz CT molecular complexity index is 1500. The van der Waals surface area contributed by atoms with Crippen molar-refractivity contribution in [1.29, 1.82) is 0 Å². The zero-order chi connectivity index (χ0) is 32.6. The molecule has 1 fully saturated rings. The van der Waals surface area contributed by atoms with Crippen molar-refractivity contribution in [2.75, 3.05) is 41.0 Å². The lowest BCUT2D eigenvalue weighted by atomic mass is 9.78. The molecule has 1 saturated carbocycles. The van der Waals surface area contributed by atoms with Crippen molar-refractivity contribution in [3.05, 3.63) is 94.8 Å². The highest BCUT2D eigenvalue weighted by molar-refractivity contribution is 7.89. The zero-order valence-electron chi connectivity index (χ0n) is 27.0. The number of amides is 1. The van der Waals surface area contributed by atoms with Crippen LogP contribution >= 0.6 is 0 Å². The molecule has 1 unspecified atom stereocenters. The molecule has 0 heterocycles. The summed E-state index contributed by atoms with van der Waals surface area (Å²) in [6.45, 7) is 3.71. The van der Waals surface area contributed by atoms with Crippen LogP contribution in [0.5, 0.6) is 5.75 Å². The van der Waals surface area contributed by atoms with Crippen LogP contribution in [0.4, 0.5) is 4.39 Å². The fourth-order valence-electron chi connectivity index (χ4n) is 6.50. The van der Waals surface area contributed by atoms with Crippen LogP contribution in [0, 0.1) is 25.6 Å². The first-order chi connectivity index (χ1) is 21.5. The van der Waals surface area contributed by atoms with E-state index in [1.165, 1.54) is 10.4 Å². The fourth-order valence-corrected chi connectivity index (χ4v) is 8.32. The van der Waals surface area contributed by atoms with Gasteiger partial charge in [0, 0.05) is 25.2 Å². The van der Waals surface area contributed by atoms with E-state index in [9.17, 15) is 17.6 Å². The topological polar surface area (TPSA) is 88.2 Å². The molecule has 0 spiro atoms. The molecular weight excluding hydrogens is 593 g/mol. The Kier molecular flexibility index (Phi) is 12.1. The van der Waals surface area contributed by atoms with Gasteiger partial charge >= 0.3 is 0 Å². The summed E-state index contributed by atoms with van der Waals surface area (Å²) in [5, 5.41) is 3.08. The second-order valence-corrected chi connectivity index (χ2v) is 14.0. The Morgan fingerprint density at radius 2 is 1.64 bits per heavy atom. The molecule has 8 nitrogen and oxygen atoms in total. The number of rotatable bonds is 14. The van der Waals surface area contributed by atoms with E-state index in [0.717, 1.165) is 36.8 Å². The van der Waals surface area contributed by atoms with E-state index < -0.39 is 10.0 Å². The number of sulfonamides is 1. The van der Waals surface area contributed by atoms with E-state index >= 15 is 0 Å². The van der Waals surface area contributed by atoms with Gasteiger partial charge in [0.1, 0.15) is 18.2 Å². The molecule has 1 aliphatic carbocycles. The molecule has 1 atom stereocenters. The number of ether oxygens (including phenoxy) is 2. The number of nitrogens with zero attached hydrogens (tertiary/aromatic N) is 2. The maximum absolute atomic E-state index is 13.9. The highest BCUT2D eigenvalue weighted by Gasteiger charge is 2.31. The summed E-state index contributed by atoms with van der Waals surface area (Å²) in [6.07, 6.45) is 3.50. The number of methoxy groups -OCH3 is 1. The molecule has 45 heavy (non-hydrogen) atoms. The van der Waals surface area contributed by atoms with E-state index in [-0.39, 0.29) is 55.0 Å². The average Bonchev–Trinajstić information content (AvgIpc) is 2.99. The maximum Gasteiger partial charge on any atom is 0.246 e. The lowest BCUT2D eigenvalue weighted by Crippen LogP contribution is -2.41. The first-order valence-corrected chi connectivity index (χ1v) is 16.9. The van der Waals surface area contributed by atoms with Crippen LogP contribution in [0.15, 0.2) is 71.6 Å². The molecule has 1 amide bonds. The number of hydrogen-bond donors (Lipinski definition) is 1. The molecule has 0 radical (unpaired) electrons. The minimum Gasteiger partial charge on any atom is -0.497 e. The predicted octanol–water partition coefficient (Wildman–Crippen LogP) is 5.64. The number of hydrogen-bond acceptors (Lipinski definition) is 6. The van der Waals surface area contributed by atoms with Crippen molar-refractivity contribution in [3.63, 3.8) is 0 Å². The minimum atomic E-state index is -3.88. The summed E-state index contributed by atoms with van der Waals surface area (Å²) < 4.78 is 54.2. The highest BCUT2D eigenvalue weighted by Crippen LogP contribution is 2.37. The summed E-state index contributed by atoms with van der Waals surface area (Å²) in [6, 6.07) is 19.8. The normalized spacial score (nSPS) is 17.8. The second kappa shape index (κ2) is 15.8. The van der Waals surface area contributed by atoms with Crippen molar-refractivity contribution in [1.82, 2.24) is 14.5 Å². The Morgan fingerprint density at radius 3 is 2.24 bits per heavy atom. The standard InChI is InChI=1S/C35H46FN3O5S/c1-25-20-32(43-5)21-26(2)35(25)45(41,42)39(23-27-10-7-6-8-11-27)18-19-44-24-33(40)37-31-16-14-28(15-17-31)34(38(3)4)29-12-9-13-30(36)22-29/h6-13,20-22,28,31,34H,14-19,23-24H2,1-5H3,(H,37,40). The van der Waals surface area contributed by atoms with Gasteiger partial charge in [-0.3, -0.25) is 4.79 Å². The number of carbonyl (C=O) groups excluding carboxylic acids is 1. The summed E-state index contributed by atoms with van der Waals surface area (Å²) in [5.74, 6) is 0.520. The van der Waals surface area contributed by atoms with E-state index in [1.54, 1.807) is 45.2 Å². The Morgan fingerprint density at radius 1 is 0.978 bits per heavy atom. The summed E-state index contributed by atoms with van der Waals surface area (Å²) in [5.41, 5.74) is 3.04. The fraction of sp³-hybridized carbons (Fsp3) is 0.457. The highest BCUT2D eigenvalue weighted by atomic mass is 32.2. The third-order valence-electron chi connectivity index (χ3n) is 8.52. The molecule has 0 aliphatic heterocycles. The Balaban J connectivity index is 1.32. The van der Waals surface area contributed by atoms with Crippen molar-refractivity contribution < 1.29 is 27.1 Å². The van der Waals surface area contributed by atoms with Crippen molar-refractivity contribution in [2.45, 2.75) is 63.1 Å². The SMILES string of the molecule is COc1cc(C)c(S(=O)(=O)N(CCOCC(=O)NC2CCC(C(c3cccc(F)c3)N(C)C)CC2)Cc2ccccc2)c(C)c1. The van der Waals surface area contributed by atoms with Gasteiger partial charge in [-0.25, -0.2) is 12.8 Å². The molecular formula is C35H46FN3O5S.